The Morgan fingerprint density at radius 3 is 2.50 bits per heavy atom. The van der Waals surface area contributed by atoms with Crippen molar-refractivity contribution in [3.8, 4) is 0 Å². The van der Waals surface area contributed by atoms with Crippen LogP contribution in [-0.4, -0.2) is 19.3 Å². The Labute approximate surface area is 128 Å². The van der Waals surface area contributed by atoms with Gasteiger partial charge in [0.2, 0.25) is 10.0 Å². The molecule has 2 aromatic rings. The second kappa shape index (κ2) is 6.72. The normalized spacial score (nSPS) is 11.9. The third-order valence-electron chi connectivity index (χ3n) is 2.95. The number of nitrogens with zero attached hydrogens (tertiary/aromatic N) is 1. The number of sulfonamides is 1. The monoisotopic (exact) mass is 329 g/mol. The second-order valence-corrected chi connectivity index (χ2v) is 7.50. The van der Waals surface area contributed by atoms with Gasteiger partial charge in [-0.2, -0.15) is 4.31 Å². The van der Waals surface area contributed by atoms with Crippen molar-refractivity contribution in [1.29, 1.82) is 0 Å². The van der Waals surface area contributed by atoms with Crippen molar-refractivity contribution in [3.05, 3.63) is 52.2 Å². The van der Waals surface area contributed by atoms with Gasteiger partial charge in [0, 0.05) is 23.3 Å². The van der Waals surface area contributed by atoms with E-state index in [1.54, 1.807) is 11.4 Å². The van der Waals surface area contributed by atoms with Crippen molar-refractivity contribution in [2.75, 3.05) is 6.54 Å². The van der Waals surface area contributed by atoms with Crippen molar-refractivity contribution < 1.29 is 8.42 Å². The first-order valence-corrected chi connectivity index (χ1v) is 9.10. The number of hydrogen-bond donors (Lipinski definition) is 0. The van der Waals surface area contributed by atoms with Crippen molar-refractivity contribution >= 4 is 33.0 Å². The van der Waals surface area contributed by atoms with E-state index in [-0.39, 0.29) is 0 Å². The van der Waals surface area contributed by atoms with Gasteiger partial charge in [-0.25, -0.2) is 8.42 Å². The van der Waals surface area contributed by atoms with Crippen LogP contribution in [-0.2, 0) is 22.4 Å². The largest absolute Gasteiger partial charge is 0.244 e. The molecule has 0 aliphatic carbocycles. The smallest absolute Gasteiger partial charge is 0.207 e. The molecule has 0 saturated carbocycles. The van der Waals surface area contributed by atoms with Gasteiger partial charge in [-0.1, -0.05) is 37.3 Å². The lowest BCUT2D eigenvalue weighted by molar-refractivity contribution is 0.423. The summed E-state index contributed by atoms with van der Waals surface area (Å²) in [7, 11) is -3.45. The Balaban J connectivity index is 2.25. The van der Waals surface area contributed by atoms with Crippen molar-refractivity contribution in [3.63, 3.8) is 0 Å². The minimum absolute atomic E-state index is 0.330. The molecule has 1 aromatic carbocycles. The van der Waals surface area contributed by atoms with Gasteiger partial charge in [0.15, 0.2) is 0 Å². The predicted octanol–water partition coefficient (Wildman–Crippen LogP) is 3.70. The van der Waals surface area contributed by atoms with E-state index < -0.39 is 10.0 Å². The molecule has 108 valence electrons. The number of benzene rings is 1. The molecule has 2 rings (SSSR count). The van der Waals surface area contributed by atoms with E-state index in [0.717, 1.165) is 10.4 Å². The van der Waals surface area contributed by atoms with Gasteiger partial charge in [-0.3, -0.25) is 0 Å². The number of hydrogen-bond acceptors (Lipinski definition) is 3. The molecule has 1 aromatic heterocycles. The lowest BCUT2D eigenvalue weighted by Gasteiger charge is -2.19. The molecule has 0 fully saturated rings. The molecule has 0 radical (unpaired) electrons. The molecule has 0 N–H and O–H groups in total. The maximum absolute atomic E-state index is 12.6. The average molecular weight is 330 g/mol. The van der Waals surface area contributed by atoms with Crippen LogP contribution >= 0.6 is 22.9 Å². The molecule has 0 saturated heterocycles. The highest BCUT2D eigenvalue weighted by atomic mass is 35.5. The summed E-state index contributed by atoms with van der Waals surface area (Å²) in [6.07, 6.45) is 0. The van der Waals surface area contributed by atoms with Gasteiger partial charge in [0.1, 0.15) is 0 Å². The second-order valence-electron chi connectivity index (χ2n) is 4.30. The Bertz CT molecular complexity index is 653. The van der Waals surface area contributed by atoms with Crippen LogP contribution in [0.5, 0.6) is 0 Å². The van der Waals surface area contributed by atoms with E-state index >= 15 is 0 Å². The van der Waals surface area contributed by atoms with E-state index in [4.69, 9.17) is 11.6 Å². The summed E-state index contributed by atoms with van der Waals surface area (Å²) >= 11 is 7.11. The number of thiophene rings is 1. The molecule has 0 unspecified atom stereocenters. The van der Waals surface area contributed by atoms with E-state index in [2.05, 4.69) is 0 Å². The molecule has 20 heavy (non-hydrogen) atoms. The Morgan fingerprint density at radius 2 is 1.95 bits per heavy atom. The van der Waals surface area contributed by atoms with Crippen LogP contribution in [0.4, 0.5) is 0 Å². The summed E-state index contributed by atoms with van der Waals surface area (Å²) in [6, 6.07) is 11.2. The molecule has 6 heteroatoms. The molecular formula is C14H16ClNO2S2. The fourth-order valence-electron chi connectivity index (χ4n) is 1.87. The lowest BCUT2D eigenvalue weighted by Crippen LogP contribution is -2.30. The molecule has 0 bridgehead atoms. The first kappa shape index (κ1) is 15.5. The molecule has 0 amide bonds. The summed E-state index contributed by atoms with van der Waals surface area (Å²) in [4.78, 5) is 1.19. The van der Waals surface area contributed by atoms with E-state index in [1.807, 2.05) is 37.3 Å². The number of rotatable bonds is 6. The molecule has 0 aliphatic heterocycles. The van der Waals surface area contributed by atoms with Crippen LogP contribution in [0.2, 0.25) is 0 Å². The molecule has 0 aliphatic rings. The Morgan fingerprint density at radius 1 is 1.25 bits per heavy atom. The zero-order valence-electron chi connectivity index (χ0n) is 11.1. The third-order valence-corrected chi connectivity index (χ3v) is 6.38. The van der Waals surface area contributed by atoms with Crippen LogP contribution < -0.4 is 0 Å². The zero-order valence-corrected chi connectivity index (χ0v) is 13.5. The minimum Gasteiger partial charge on any atom is -0.207 e. The SMILES string of the molecule is CCN(Cc1ccccc1)S(=O)(=O)c1csc(CCl)c1. The fourth-order valence-corrected chi connectivity index (χ4v) is 4.68. The number of alkyl halides is 1. The maximum Gasteiger partial charge on any atom is 0.244 e. The van der Waals surface area contributed by atoms with Gasteiger partial charge in [-0.15, -0.1) is 22.9 Å². The predicted molar refractivity (Wildman–Crippen MR) is 83.6 cm³/mol. The number of halogens is 1. The van der Waals surface area contributed by atoms with Gasteiger partial charge < -0.3 is 0 Å². The quantitative estimate of drug-likeness (QED) is 0.758. The van der Waals surface area contributed by atoms with Crippen LogP contribution in [0.3, 0.4) is 0 Å². The topological polar surface area (TPSA) is 37.4 Å². The fraction of sp³-hybridized carbons (Fsp3) is 0.286. The van der Waals surface area contributed by atoms with Crippen LogP contribution in [0, 0.1) is 0 Å². The highest BCUT2D eigenvalue weighted by Gasteiger charge is 2.24. The van der Waals surface area contributed by atoms with Crippen molar-refractivity contribution in [1.82, 2.24) is 4.31 Å². The zero-order chi connectivity index (χ0) is 14.6. The van der Waals surface area contributed by atoms with E-state index in [1.165, 1.54) is 15.6 Å². The summed E-state index contributed by atoms with van der Waals surface area (Å²) in [5, 5.41) is 1.65. The molecule has 3 nitrogen and oxygen atoms in total. The Hall–Kier alpha value is -0.880. The standard InChI is InChI=1S/C14H16ClNO2S2/c1-2-16(10-12-6-4-3-5-7-12)20(17,18)14-8-13(9-15)19-11-14/h3-8,11H,2,9-10H2,1H3. The average Bonchev–Trinajstić information content (AvgIpc) is 2.95. The first-order valence-electron chi connectivity index (χ1n) is 6.25. The third kappa shape index (κ3) is 3.41. The van der Waals surface area contributed by atoms with Crippen LogP contribution in [0.1, 0.15) is 17.4 Å². The summed E-state index contributed by atoms with van der Waals surface area (Å²) in [6.45, 7) is 2.66. The van der Waals surface area contributed by atoms with Crippen molar-refractivity contribution in [2.24, 2.45) is 0 Å². The van der Waals surface area contributed by atoms with E-state index in [9.17, 15) is 8.42 Å². The summed E-state index contributed by atoms with van der Waals surface area (Å²) in [5.74, 6) is 0.338. The van der Waals surface area contributed by atoms with Crippen LogP contribution in [0.25, 0.3) is 0 Å². The van der Waals surface area contributed by atoms with Gasteiger partial charge >= 0.3 is 0 Å². The summed E-state index contributed by atoms with van der Waals surface area (Å²) < 4.78 is 26.6. The van der Waals surface area contributed by atoms with Crippen LogP contribution in [0.15, 0.2) is 46.7 Å². The maximum atomic E-state index is 12.6. The summed E-state index contributed by atoms with van der Waals surface area (Å²) in [5.41, 5.74) is 0.978. The van der Waals surface area contributed by atoms with E-state index in [0.29, 0.717) is 23.9 Å². The van der Waals surface area contributed by atoms with Gasteiger partial charge in [0.25, 0.3) is 0 Å². The molecule has 0 spiro atoms. The highest BCUT2D eigenvalue weighted by molar-refractivity contribution is 7.89. The first-order chi connectivity index (χ1) is 9.57. The van der Waals surface area contributed by atoms with Gasteiger partial charge in [-0.05, 0) is 11.6 Å². The lowest BCUT2D eigenvalue weighted by atomic mass is 10.2. The minimum atomic E-state index is -3.45. The van der Waals surface area contributed by atoms with Crippen molar-refractivity contribution in [2.45, 2.75) is 24.2 Å². The van der Waals surface area contributed by atoms with Gasteiger partial charge in [0.05, 0.1) is 10.8 Å². The highest BCUT2D eigenvalue weighted by Crippen LogP contribution is 2.24. The Kier molecular flexibility index (Phi) is 5.21. The molecule has 1 heterocycles. The molecular weight excluding hydrogens is 314 g/mol. The molecule has 0 atom stereocenters.